The maximum absolute atomic E-state index is 12.8. The van der Waals surface area contributed by atoms with Crippen LogP contribution in [-0.4, -0.2) is 39.7 Å². The molecule has 128 valence electrons. The summed E-state index contributed by atoms with van der Waals surface area (Å²) in [6.07, 6.45) is 1.98. The highest BCUT2D eigenvalue weighted by Gasteiger charge is 2.44. The van der Waals surface area contributed by atoms with Crippen LogP contribution in [-0.2, 0) is 20.8 Å². The molecule has 0 spiro atoms. The van der Waals surface area contributed by atoms with Gasteiger partial charge < -0.3 is 4.90 Å². The van der Waals surface area contributed by atoms with Crippen molar-refractivity contribution in [2.24, 2.45) is 0 Å². The van der Waals surface area contributed by atoms with Gasteiger partial charge in [-0.25, -0.2) is 4.98 Å². The van der Waals surface area contributed by atoms with Crippen molar-refractivity contribution in [3.05, 3.63) is 41.4 Å². The number of hydrogen-bond acceptors (Lipinski definition) is 5. The first-order valence-electron chi connectivity index (χ1n) is 8.26. The number of amides is 3. The van der Waals surface area contributed by atoms with Crippen LogP contribution in [0, 0.1) is 0 Å². The highest BCUT2D eigenvalue weighted by atomic mass is 32.1. The quantitative estimate of drug-likeness (QED) is 0.829. The number of nitrogens with one attached hydrogen (secondary N) is 1. The lowest BCUT2D eigenvalue weighted by atomic mass is 10.1. The van der Waals surface area contributed by atoms with Gasteiger partial charge >= 0.3 is 0 Å². The molecule has 1 saturated carbocycles. The predicted octanol–water partition coefficient (Wildman–Crippen LogP) is 1.76. The Kier molecular flexibility index (Phi) is 4.09. The van der Waals surface area contributed by atoms with Gasteiger partial charge in [-0.3, -0.25) is 19.7 Å². The van der Waals surface area contributed by atoms with Gasteiger partial charge in [0.05, 0.1) is 18.5 Å². The van der Waals surface area contributed by atoms with Gasteiger partial charge in [-0.05, 0) is 12.8 Å². The summed E-state index contributed by atoms with van der Waals surface area (Å²) in [4.78, 5) is 42.4. The Hall–Kier alpha value is -2.54. The van der Waals surface area contributed by atoms with Crippen molar-refractivity contribution in [1.29, 1.82) is 0 Å². The van der Waals surface area contributed by atoms with Gasteiger partial charge in [0.2, 0.25) is 17.7 Å². The molecule has 1 aromatic carbocycles. The molecule has 25 heavy (non-hydrogen) atoms. The minimum Gasteiger partial charge on any atom is -0.327 e. The fourth-order valence-corrected chi connectivity index (χ4v) is 3.92. The second kappa shape index (κ2) is 6.40. The van der Waals surface area contributed by atoms with Gasteiger partial charge in [0.1, 0.15) is 11.0 Å². The fraction of sp³-hybridized carbons (Fsp3) is 0.333. The maximum Gasteiger partial charge on any atom is 0.249 e. The Morgan fingerprint density at radius 1 is 1.24 bits per heavy atom. The normalized spacial score (nSPS) is 19.8. The van der Waals surface area contributed by atoms with Gasteiger partial charge in [-0.1, -0.05) is 30.3 Å². The van der Waals surface area contributed by atoms with Crippen molar-refractivity contribution >= 4 is 29.1 Å². The molecular weight excluding hydrogens is 338 g/mol. The molecule has 2 heterocycles. The lowest BCUT2D eigenvalue weighted by Gasteiger charge is -2.26. The average molecular weight is 355 g/mol. The van der Waals surface area contributed by atoms with E-state index in [1.54, 1.807) is 4.90 Å². The molecule has 7 heteroatoms. The van der Waals surface area contributed by atoms with E-state index in [1.165, 1.54) is 11.3 Å². The molecule has 1 saturated heterocycles. The first-order valence-corrected chi connectivity index (χ1v) is 9.14. The molecule has 2 fully saturated rings. The van der Waals surface area contributed by atoms with Crippen LogP contribution >= 0.6 is 11.3 Å². The van der Waals surface area contributed by atoms with Crippen molar-refractivity contribution in [3.8, 4) is 10.6 Å². The van der Waals surface area contributed by atoms with E-state index in [-0.39, 0.29) is 36.6 Å². The second-order valence-electron chi connectivity index (χ2n) is 6.35. The third kappa shape index (κ3) is 3.32. The summed E-state index contributed by atoms with van der Waals surface area (Å²) in [6, 6.07) is 9.22. The molecule has 2 aliphatic rings. The van der Waals surface area contributed by atoms with E-state index < -0.39 is 6.04 Å². The van der Waals surface area contributed by atoms with Crippen molar-refractivity contribution in [2.75, 3.05) is 0 Å². The predicted molar refractivity (Wildman–Crippen MR) is 92.7 cm³/mol. The highest BCUT2D eigenvalue weighted by molar-refractivity contribution is 7.13. The molecule has 2 aromatic rings. The molecule has 1 aliphatic carbocycles. The number of carbonyl (C=O) groups is 3. The van der Waals surface area contributed by atoms with E-state index in [2.05, 4.69) is 10.3 Å². The third-order valence-electron chi connectivity index (χ3n) is 4.41. The Labute approximate surface area is 148 Å². The minimum atomic E-state index is -0.667. The minimum absolute atomic E-state index is 0.0629. The van der Waals surface area contributed by atoms with Crippen LogP contribution in [0.25, 0.3) is 10.6 Å². The Morgan fingerprint density at radius 3 is 2.64 bits per heavy atom. The maximum atomic E-state index is 12.8. The van der Waals surface area contributed by atoms with Crippen LogP contribution < -0.4 is 5.32 Å². The Bertz CT molecular complexity index is 829. The average Bonchev–Trinajstić information content (AvgIpc) is 3.22. The lowest BCUT2D eigenvalue weighted by Crippen LogP contribution is -2.46. The largest absolute Gasteiger partial charge is 0.327 e. The van der Waals surface area contributed by atoms with E-state index in [1.807, 2.05) is 35.7 Å². The Balaban J connectivity index is 1.50. The number of aromatic nitrogens is 1. The van der Waals surface area contributed by atoms with E-state index in [9.17, 15) is 14.4 Å². The van der Waals surface area contributed by atoms with Crippen LogP contribution in [0.5, 0.6) is 0 Å². The number of imide groups is 1. The van der Waals surface area contributed by atoms with Gasteiger partial charge in [-0.15, -0.1) is 11.3 Å². The first-order chi connectivity index (χ1) is 12.1. The zero-order valence-electron chi connectivity index (χ0n) is 13.5. The standard InChI is InChI=1S/C18H17N3O3S/c22-15-9-14(17(24)20-15)21(13-6-7-13)16(23)8-12-10-25-18(19-12)11-4-2-1-3-5-11/h1-5,10,13-14H,6-9H2,(H,20,22,24)/t14-/m0/s1. The van der Waals surface area contributed by atoms with Crippen LogP contribution in [0.3, 0.4) is 0 Å². The lowest BCUT2D eigenvalue weighted by molar-refractivity contribution is -0.139. The van der Waals surface area contributed by atoms with Crippen molar-refractivity contribution < 1.29 is 14.4 Å². The highest BCUT2D eigenvalue weighted by Crippen LogP contribution is 2.32. The van der Waals surface area contributed by atoms with Crippen molar-refractivity contribution in [1.82, 2.24) is 15.2 Å². The molecule has 1 N–H and O–H groups in total. The third-order valence-corrected chi connectivity index (χ3v) is 5.35. The molecule has 0 bridgehead atoms. The van der Waals surface area contributed by atoms with E-state index in [4.69, 9.17) is 0 Å². The van der Waals surface area contributed by atoms with Gasteiger partial charge in [0, 0.05) is 17.0 Å². The fourth-order valence-electron chi connectivity index (χ4n) is 3.10. The van der Waals surface area contributed by atoms with Gasteiger partial charge in [-0.2, -0.15) is 0 Å². The number of rotatable bonds is 5. The van der Waals surface area contributed by atoms with Crippen molar-refractivity contribution in [2.45, 2.75) is 37.8 Å². The van der Waals surface area contributed by atoms with Crippen LogP contribution in [0.1, 0.15) is 25.0 Å². The number of nitrogens with zero attached hydrogens (tertiary/aromatic N) is 2. The summed E-state index contributed by atoms with van der Waals surface area (Å²) in [6.45, 7) is 0. The molecule has 0 unspecified atom stereocenters. The summed E-state index contributed by atoms with van der Waals surface area (Å²) in [5.74, 6) is -0.816. The summed E-state index contributed by atoms with van der Waals surface area (Å²) >= 11 is 1.50. The van der Waals surface area contributed by atoms with Gasteiger partial charge in [0.25, 0.3) is 0 Å². The molecule has 0 radical (unpaired) electrons. The first kappa shape index (κ1) is 16.0. The molecular formula is C18H17N3O3S. The monoisotopic (exact) mass is 355 g/mol. The number of thiazole rings is 1. The number of hydrogen-bond donors (Lipinski definition) is 1. The molecule has 1 aromatic heterocycles. The zero-order chi connectivity index (χ0) is 17.4. The molecule has 3 amide bonds. The number of benzene rings is 1. The van der Waals surface area contributed by atoms with Crippen LogP contribution in [0.4, 0.5) is 0 Å². The molecule has 1 atom stereocenters. The summed E-state index contributed by atoms with van der Waals surface area (Å²) in [5, 5.41) is 5.04. The van der Waals surface area contributed by atoms with E-state index >= 15 is 0 Å². The summed E-state index contributed by atoms with van der Waals surface area (Å²) < 4.78 is 0. The smallest absolute Gasteiger partial charge is 0.249 e. The van der Waals surface area contributed by atoms with E-state index in [0.717, 1.165) is 23.4 Å². The molecule has 6 nitrogen and oxygen atoms in total. The molecule has 4 rings (SSSR count). The van der Waals surface area contributed by atoms with Crippen molar-refractivity contribution in [3.63, 3.8) is 0 Å². The van der Waals surface area contributed by atoms with Crippen LogP contribution in [0.2, 0.25) is 0 Å². The summed E-state index contributed by atoms with van der Waals surface area (Å²) in [5.41, 5.74) is 1.72. The van der Waals surface area contributed by atoms with E-state index in [0.29, 0.717) is 5.69 Å². The summed E-state index contributed by atoms with van der Waals surface area (Å²) in [7, 11) is 0. The number of carbonyl (C=O) groups excluding carboxylic acids is 3. The molecule has 1 aliphatic heterocycles. The topological polar surface area (TPSA) is 79.4 Å². The Morgan fingerprint density at radius 2 is 2.00 bits per heavy atom. The van der Waals surface area contributed by atoms with Crippen LogP contribution in [0.15, 0.2) is 35.7 Å². The van der Waals surface area contributed by atoms with Gasteiger partial charge in [0.15, 0.2) is 0 Å². The second-order valence-corrected chi connectivity index (χ2v) is 7.21. The zero-order valence-corrected chi connectivity index (χ0v) is 14.3. The SMILES string of the molecule is O=C1C[C@H](N(C(=O)Cc2csc(-c3ccccc3)n2)C2CC2)C(=O)N1.